The summed E-state index contributed by atoms with van der Waals surface area (Å²) < 4.78 is 9.58. The number of aromatic nitrogens is 4. The number of aromatic amines is 2. The number of benzene rings is 2. The zero-order valence-corrected chi connectivity index (χ0v) is 36.2. The summed E-state index contributed by atoms with van der Waals surface area (Å²) in [5.74, 6) is 8.73. The number of carbonyl (C=O) groups excluding carboxylic acids is 4. The lowest BCUT2D eigenvalue weighted by molar-refractivity contribution is -0.136. The molecule has 0 aliphatic heterocycles. The number of hydrogen-bond acceptors (Lipinski definition) is 8. The van der Waals surface area contributed by atoms with Gasteiger partial charge in [0.1, 0.15) is 23.7 Å². The minimum atomic E-state index is -0.708. The van der Waals surface area contributed by atoms with E-state index in [0.717, 1.165) is 33.6 Å². The molecule has 2 aliphatic carbocycles. The number of amides is 4. The van der Waals surface area contributed by atoms with Gasteiger partial charge < -0.3 is 39.9 Å². The normalized spacial score (nSPS) is 21.3. The Morgan fingerprint density at radius 1 is 0.617 bits per heavy atom. The first kappa shape index (κ1) is 43.5. The Morgan fingerprint density at radius 2 is 0.950 bits per heavy atom. The molecule has 60 heavy (non-hydrogen) atoms. The second-order valence-electron chi connectivity index (χ2n) is 17.0. The molecule has 4 N–H and O–H groups in total. The number of carbonyl (C=O) groups is 4. The molecule has 14 heteroatoms. The highest BCUT2D eigenvalue weighted by Crippen LogP contribution is 2.44. The lowest BCUT2D eigenvalue weighted by Gasteiger charge is -2.30. The van der Waals surface area contributed by atoms with Gasteiger partial charge in [0, 0.05) is 34.3 Å². The molecule has 0 spiro atoms. The average molecular weight is 819 g/mol. The van der Waals surface area contributed by atoms with Crippen LogP contribution in [-0.2, 0) is 32.2 Å². The summed E-state index contributed by atoms with van der Waals surface area (Å²) in [5, 5.41) is 5.44. The van der Waals surface area contributed by atoms with Crippen LogP contribution in [0.5, 0.6) is 0 Å². The number of methoxy groups -OCH3 is 2. The maximum absolute atomic E-state index is 13.8. The third kappa shape index (κ3) is 9.84. The molecule has 2 aromatic heterocycles. The van der Waals surface area contributed by atoms with Gasteiger partial charge in [-0.2, -0.15) is 0 Å². The Bertz CT molecular complexity index is 2050. The van der Waals surface area contributed by atoms with Gasteiger partial charge in [0.15, 0.2) is 0 Å². The molecule has 4 aromatic rings. The molecule has 4 amide bonds. The molecule has 6 rings (SSSR count). The molecule has 2 aromatic carbocycles. The molecule has 0 radical (unpaired) electrons. The van der Waals surface area contributed by atoms with Gasteiger partial charge in [-0.05, 0) is 59.8 Å². The third-order valence-electron chi connectivity index (χ3n) is 12.2. The third-order valence-corrected chi connectivity index (χ3v) is 12.2. The molecule has 318 valence electrons. The number of ether oxygens (including phenoxy) is 2. The van der Waals surface area contributed by atoms with Crippen molar-refractivity contribution in [1.29, 1.82) is 0 Å². The van der Waals surface area contributed by atoms with E-state index in [1.54, 1.807) is 12.4 Å². The van der Waals surface area contributed by atoms with Gasteiger partial charge in [0.2, 0.25) is 11.8 Å². The van der Waals surface area contributed by atoms with Gasteiger partial charge in [-0.25, -0.2) is 19.6 Å². The van der Waals surface area contributed by atoms with E-state index in [9.17, 15) is 19.2 Å². The standard InChI is InChI=1S/C46H58N8O6/c1-25(2)37(51-45(57)59-9)43(55)53(39-27(5)28(39)6)23-35-21-47-41(49-35)33-17-13-31(14-18-33)11-12-32-15-19-34(20-16-32)42-48-22-36(50-42)24-54(40-29(7)30(40)8)44(56)38(26(3)4)52-46(58)60-10/h13-22,25-30,37-40H,23-24H2,1-10H3,(H,47,49)(H,48,50)(H,51,57)(H,52,58). The number of H-pyrrole nitrogens is 2. The van der Waals surface area contributed by atoms with Crippen molar-refractivity contribution >= 4 is 24.0 Å². The van der Waals surface area contributed by atoms with E-state index in [4.69, 9.17) is 9.47 Å². The highest BCUT2D eigenvalue weighted by Gasteiger charge is 2.51. The Balaban J connectivity index is 1.08. The van der Waals surface area contributed by atoms with Crippen LogP contribution in [0.2, 0.25) is 0 Å². The molecule has 6 atom stereocenters. The maximum Gasteiger partial charge on any atom is 0.407 e. The summed E-state index contributed by atoms with van der Waals surface area (Å²) in [6.07, 6.45) is 2.25. The van der Waals surface area contributed by atoms with Crippen LogP contribution < -0.4 is 10.6 Å². The van der Waals surface area contributed by atoms with Crippen molar-refractivity contribution < 1.29 is 28.7 Å². The smallest absolute Gasteiger partial charge is 0.407 e. The summed E-state index contributed by atoms with van der Waals surface area (Å²) in [5.41, 5.74) is 5.06. The van der Waals surface area contributed by atoms with Crippen molar-refractivity contribution in [2.45, 2.75) is 92.6 Å². The van der Waals surface area contributed by atoms with Crippen molar-refractivity contribution in [3.63, 3.8) is 0 Å². The molecule has 0 saturated heterocycles. The van der Waals surface area contributed by atoms with Crippen molar-refractivity contribution in [2.24, 2.45) is 35.5 Å². The molecule has 2 fully saturated rings. The zero-order valence-electron chi connectivity index (χ0n) is 36.2. The van der Waals surface area contributed by atoms with Crippen LogP contribution in [0.15, 0.2) is 60.9 Å². The largest absolute Gasteiger partial charge is 0.453 e. The van der Waals surface area contributed by atoms with Gasteiger partial charge in [0.25, 0.3) is 0 Å². The topological polar surface area (TPSA) is 175 Å². The number of alkyl carbamates (subject to hydrolysis) is 2. The molecular weight excluding hydrogens is 761 g/mol. The van der Waals surface area contributed by atoms with Crippen LogP contribution in [0.3, 0.4) is 0 Å². The molecule has 2 heterocycles. The summed E-state index contributed by atoms with van der Waals surface area (Å²) in [4.78, 5) is 71.5. The van der Waals surface area contributed by atoms with Crippen LogP contribution in [0.4, 0.5) is 9.59 Å². The second kappa shape index (κ2) is 18.4. The highest BCUT2D eigenvalue weighted by molar-refractivity contribution is 5.87. The van der Waals surface area contributed by atoms with Crippen molar-refractivity contribution in [3.8, 4) is 34.6 Å². The predicted octanol–water partition coefficient (Wildman–Crippen LogP) is 6.59. The fourth-order valence-corrected chi connectivity index (χ4v) is 7.93. The van der Waals surface area contributed by atoms with E-state index < -0.39 is 24.3 Å². The van der Waals surface area contributed by atoms with E-state index in [0.29, 0.717) is 48.4 Å². The van der Waals surface area contributed by atoms with Gasteiger partial charge in [0.05, 0.1) is 51.1 Å². The van der Waals surface area contributed by atoms with Crippen molar-refractivity contribution in [1.82, 2.24) is 40.4 Å². The molecular formula is C46H58N8O6. The number of rotatable bonds is 14. The van der Waals surface area contributed by atoms with Crippen molar-refractivity contribution in [2.75, 3.05) is 14.2 Å². The fraction of sp³-hybridized carbons (Fsp3) is 0.478. The molecule has 6 unspecified atom stereocenters. The summed E-state index contributed by atoms with van der Waals surface area (Å²) >= 11 is 0. The molecule has 14 nitrogen and oxygen atoms in total. The van der Waals surface area contributed by atoms with Gasteiger partial charge in [-0.1, -0.05) is 91.5 Å². The Hall–Kier alpha value is -6.10. The monoisotopic (exact) mass is 818 g/mol. The van der Waals surface area contributed by atoms with E-state index >= 15 is 0 Å². The summed E-state index contributed by atoms with van der Waals surface area (Å²) in [6.45, 7) is 16.9. The minimum absolute atomic E-state index is 0.0691. The SMILES string of the molecule is COC(=O)NC(C(=O)N(Cc1cnc(-c2ccc(C#Cc3ccc(-c4ncc(CN(C(=O)C(NC(=O)OC)C(C)C)C5C(C)C5C)[nH]4)cc3)cc2)[nH]1)C1C(C)C1C)C(C)C. The number of nitrogens with zero attached hydrogens (tertiary/aromatic N) is 4. The number of nitrogens with one attached hydrogen (secondary N) is 4. The average Bonchev–Trinajstić information content (AvgIpc) is 3.74. The first-order valence-corrected chi connectivity index (χ1v) is 20.7. The lowest BCUT2D eigenvalue weighted by atomic mass is 10.0. The van der Waals surface area contributed by atoms with Crippen LogP contribution in [0, 0.1) is 47.3 Å². The van der Waals surface area contributed by atoms with Crippen LogP contribution in [-0.4, -0.2) is 92.1 Å². The number of hydrogen-bond donors (Lipinski definition) is 4. The highest BCUT2D eigenvalue weighted by atomic mass is 16.5. The first-order chi connectivity index (χ1) is 28.6. The fourth-order valence-electron chi connectivity index (χ4n) is 7.93. The summed E-state index contributed by atoms with van der Waals surface area (Å²) in [7, 11) is 2.58. The zero-order chi connectivity index (χ0) is 43.4. The van der Waals surface area contributed by atoms with Gasteiger partial charge in [-0.3, -0.25) is 9.59 Å². The quantitative estimate of drug-likeness (QED) is 0.103. The van der Waals surface area contributed by atoms with Crippen LogP contribution in [0.1, 0.15) is 77.9 Å². The van der Waals surface area contributed by atoms with E-state index in [-0.39, 0.29) is 35.7 Å². The van der Waals surface area contributed by atoms with Gasteiger partial charge in [-0.15, -0.1) is 0 Å². The maximum atomic E-state index is 13.8. The van der Waals surface area contributed by atoms with E-state index in [1.165, 1.54) is 14.2 Å². The van der Waals surface area contributed by atoms with E-state index in [1.807, 2.05) is 86.0 Å². The molecule has 2 saturated carbocycles. The van der Waals surface area contributed by atoms with Crippen LogP contribution in [0.25, 0.3) is 22.8 Å². The first-order valence-electron chi connectivity index (χ1n) is 20.7. The van der Waals surface area contributed by atoms with Gasteiger partial charge >= 0.3 is 12.2 Å². The lowest BCUT2D eigenvalue weighted by Crippen LogP contribution is -2.52. The molecule has 2 aliphatic rings. The van der Waals surface area contributed by atoms with Crippen LogP contribution >= 0.6 is 0 Å². The molecule has 0 bridgehead atoms. The number of imidazole rings is 2. The Kier molecular flexibility index (Phi) is 13.4. The predicted molar refractivity (Wildman–Crippen MR) is 228 cm³/mol. The Labute approximate surface area is 352 Å². The van der Waals surface area contributed by atoms with Crippen molar-refractivity contribution in [3.05, 3.63) is 83.4 Å². The minimum Gasteiger partial charge on any atom is -0.453 e. The summed E-state index contributed by atoms with van der Waals surface area (Å²) in [6, 6.07) is 14.4. The Morgan fingerprint density at radius 3 is 1.23 bits per heavy atom. The van der Waals surface area contributed by atoms with E-state index in [2.05, 4.69) is 70.1 Å². The second-order valence-corrected chi connectivity index (χ2v) is 17.0.